The van der Waals surface area contributed by atoms with E-state index in [2.05, 4.69) is 27.5 Å². The summed E-state index contributed by atoms with van der Waals surface area (Å²) < 4.78 is 0. The lowest BCUT2D eigenvalue weighted by Gasteiger charge is -2.46. The van der Waals surface area contributed by atoms with Crippen molar-refractivity contribution < 1.29 is 9.59 Å². The molecule has 2 N–H and O–H groups in total. The van der Waals surface area contributed by atoms with E-state index in [1.54, 1.807) is 23.5 Å². The van der Waals surface area contributed by atoms with Crippen LogP contribution in [0.2, 0.25) is 0 Å². The molecule has 0 radical (unpaired) electrons. The predicted molar refractivity (Wildman–Crippen MR) is 132 cm³/mol. The second-order valence-electron chi connectivity index (χ2n) is 9.62. The first-order valence-corrected chi connectivity index (χ1v) is 13.9. The van der Waals surface area contributed by atoms with Crippen molar-refractivity contribution in [2.75, 3.05) is 44.3 Å². The lowest BCUT2D eigenvalue weighted by Crippen LogP contribution is -2.60. The van der Waals surface area contributed by atoms with Gasteiger partial charge in [-0.25, -0.2) is 0 Å². The monoisotopic (exact) mass is 474 g/mol. The molecular weight excluding hydrogens is 440 g/mol. The highest BCUT2D eigenvalue weighted by molar-refractivity contribution is 8.01. The molecule has 4 aliphatic rings. The van der Waals surface area contributed by atoms with Crippen molar-refractivity contribution in [2.45, 2.75) is 54.2 Å². The molecule has 1 aromatic rings. The van der Waals surface area contributed by atoms with E-state index >= 15 is 0 Å². The molecule has 6 nitrogen and oxygen atoms in total. The predicted octanol–water partition coefficient (Wildman–Crippen LogP) is 3.45. The van der Waals surface area contributed by atoms with Crippen molar-refractivity contribution in [3.05, 3.63) is 24.3 Å². The molecule has 8 heteroatoms. The quantitative estimate of drug-likeness (QED) is 0.697. The molecule has 2 saturated heterocycles. The molecule has 3 unspecified atom stereocenters. The summed E-state index contributed by atoms with van der Waals surface area (Å²) in [5.41, 5.74) is 0.552. The van der Waals surface area contributed by atoms with Crippen LogP contribution in [0.1, 0.15) is 38.5 Å². The maximum Gasteiger partial charge on any atom is 0.254 e. The average molecular weight is 475 g/mol. The summed E-state index contributed by atoms with van der Waals surface area (Å²) in [6, 6.07) is 8.06. The molecule has 0 spiro atoms. The number of hydrogen-bond acceptors (Lipinski definition) is 6. The topological polar surface area (TPSA) is 64.7 Å². The van der Waals surface area contributed by atoms with E-state index in [1.165, 1.54) is 19.3 Å². The normalized spacial score (nSPS) is 31.2. The Balaban J connectivity index is 1.36. The fourth-order valence-corrected chi connectivity index (χ4v) is 8.47. The van der Waals surface area contributed by atoms with Gasteiger partial charge >= 0.3 is 0 Å². The third kappa shape index (κ3) is 4.14. The third-order valence-corrected chi connectivity index (χ3v) is 10.2. The Kier molecular flexibility index (Phi) is 6.63. The summed E-state index contributed by atoms with van der Waals surface area (Å²) in [4.78, 5) is 33.0. The summed E-state index contributed by atoms with van der Waals surface area (Å²) >= 11 is 3.35. The van der Waals surface area contributed by atoms with Crippen LogP contribution in [0.4, 0.5) is 5.69 Å². The number of piperazine rings is 1. The van der Waals surface area contributed by atoms with E-state index < -0.39 is 5.41 Å². The number of carbonyl (C=O) groups is 2. The highest BCUT2D eigenvalue weighted by Crippen LogP contribution is 2.53. The van der Waals surface area contributed by atoms with Crippen LogP contribution < -0.4 is 10.6 Å². The number of nitrogens with zero attached hydrogens (tertiary/aromatic N) is 2. The Morgan fingerprint density at radius 2 is 1.84 bits per heavy atom. The third-order valence-electron chi connectivity index (χ3n) is 7.72. The Hall–Kier alpha value is -1.38. The smallest absolute Gasteiger partial charge is 0.254 e. The maximum absolute atomic E-state index is 14.1. The van der Waals surface area contributed by atoms with Gasteiger partial charge in [-0.3, -0.25) is 9.59 Å². The van der Waals surface area contributed by atoms with E-state index in [0.29, 0.717) is 11.8 Å². The van der Waals surface area contributed by atoms with Crippen molar-refractivity contribution in [3.63, 3.8) is 0 Å². The van der Waals surface area contributed by atoms with E-state index in [0.717, 1.165) is 61.8 Å². The Bertz CT molecular complexity index is 829. The van der Waals surface area contributed by atoms with Gasteiger partial charge in [0.15, 0.2) is 5.37 Å². The molecule has 0 aromatic heterocycles. The van der Waals surface area contributed by atoms with Gasteiger partial charge < -0.3 is 20.4 Å². The molecule has 5 rings (SSSR count). The van der Waals surface area contributed by atoms with Crippen LogP contribution >= 0.6 is 23.5 Å². The van der Waals surface area contributed by atoms with E-state index in [-0.39, 0.29) is 16.7 Å². The standard InChI is InChI=1S/C24H34N4O2S2/c1-27-12-14-28(15-13-27)23(30)24(17-7-3-2-4-8-17)11-16-31-22(24)26-20(29)21-25-18-9-5-6-10-19(18)32-21/h5-6,9-10,17,21-22,25H,2-4,7-8,11-16H2,1H3,(H,26,29). The van der Waals surface area contributed by atoms with Gasteiger partial charge in [-0.1, -0.05) is 43.2 Å². The number of rotatable bonds is 4. The van der Waals surface area contributed by atoms with Crippen LogP contribution in [0, 0.1) is 11.3 Å². The minimum Gasteiger partial charge on any atom is -0.364 e. The summed E-state index contributed by atoms with van der Waals surface area (Å²) in [5.74, 6) is 1.59. The summed E-state index contributed by atoms with van der Waals surface area (Å²) in [6.45, 7) is 3.45. The van der Waals surface area contributed by atoms with E-state index in [9.17, 15) is 9.59 Å². The molecule has 3 fully saturated rings. The molecule has 1 saturated carbocycles. The van der Waals surface area contributed by atoms with E-state index in [4.69, 9.17) is 0 Å². The molecule has 174 valence electrons. The molecule has 1 aromatic carbocycles. The van der Waals surface area contributed by atoms with Crippen molar-refractivity contribution in [2.24, 2.45) is 11.3 Å². The lowest BCUT2D eigenvalue weighted by molar-refractivity contribution is -0.149. The molecule has 0 bridgehead atoms. The SMILES string of the molecule is CN1CCN(C(=O)C2(C3CCCCC3)CCSC2NC(=O)C2Nc3ccccc3S2)CC1. The number of fused-ring (bicyclic) bond motifs is 1. The number of carbonyl (C=O) groups excluding carboxylic acids is 2. The largest absolute Gasteiger partial charge is 0.364 e. The van der Waals surface area contributed by atoms with Gasteiger partial charge in [0.1, 0.15) is 0 Å². The Morgan fingerprint density at radius 3 is 2.59 bits per heavy atom. The van der Waals surface area contributed by atoms with Crippen molar-refractivity contribution in [3.8, 4) is 0 Å². The van der Waals surface area contributed by atoms with Crippen molar-refractivity contribution in [1.82, 2.24) is 15.1 Å². The minimum absolute atomic E-state index is 0.00281. The second kappa shape index (κ2) is 9.47. The molecule has 3 aliphatic heterocycles. The van der Waals surface area contributed by atoms with Crippen LogP contribution in [-0.2, 0) is 9.59 Å². The Labute approximate surface area is 199 Å². The van der Waals surface area contributed by atoms with E-state index in [1.807, 2.05) is 24.3 Å². The number of likely N-dealkylation sites (N-methyl/N-ethyl adjacent to an activating group) is 1. The average Bonchev–Trinajstić information content (AvgIpc) is 3.45. The molecule has 2 amide bonds. The highest BCUT2D eigenvalue weighted by atomic mass is 32.2. The first-order valence-electron chi connectivity index (χ1n) is 12.0. The van der Waals surface area contributed by atoms with Gasteiger partial charge in [0, 0.05) is 36.8 Å². The fourth-order valence-electron chi connectivity index (χ4n) is 5.84. The molecule has 3 heterocycles. The van der Waals surface area contributed by atoms with Gasteiger partial charge in [-0.2, -0.15) is 0 Å². The molecule has 1 aliphatic carbocycles. The lowest BCUT2D eigenvalue weighted by atomic mass is 9.66. The maximum atomic E-state index is 14.1. The highest BCUT2D eigenvalue weighted by Gasteiger charge is 2.56. The number of anilines is 1. The first-order chi connectivity index (χ1) is 15.6. The Morgan fingerprint density at radius 1 is 1.09 bits per heavy atom. The van der Waals surface area contributed by atoms with Crippen molar-refractivity contribution in [1.29, 1.82) is 0 Å². The van der Waals surface area contributed by atoms with Crippen LogP contribution in [0.15, 0.2) is 29.2 Å². The zero-order valence-corrected chi connectivity index (χ0v) is 20.5. The van der Waals surface area contributed by atoms with Crippen molar-refractivity contribution >= 4 is 41.0 Å². The summed E-state index contributed by atoms with van der Waals surface area (Å²) in [5, 5.41) is 6.23. The fraction of sp³-hybridized carbons (Fsp3) is 0.667. The molecular formula is C24H34N4O2S2. The van der Waals surface area contributed by atoms with Crippen LogP contribution in [0.25, 0.3) is 0 Å². The van der Waals surface area contributed by atoms with Gasteiger partial charge in [0.05, 0.1) is 10.8 Å². The number of amides is 2. The van der Waals surface area contributed by atoms with Gasteiger partial charge in [-0.05, 0) is 50.1 Å². The van der Waals surface area contributed by atoms with Crippen LogP contribution in [-0.4, -0.2) is 71.3 Å². The van der Waals surface area contributed by atoms with Crippen LogP contribution in [0.3, 0.4) is 0 Å². The number of benzene rings is 1. The zero-order chi connectivity index (χ0) is 22.1. The van der Waals surface area contributed by atoms with Gasteiger partial charge in [0.2, 0.25) is 5.91 Å². The summed E-state index contributed by atoms with van der Waals surface area (Å²) in [6.07, 6.45) is 6.75. The second-order valence-corrected chi connectivity index (χ2v) is 12.0. The number of thioether (sulfide) groups is 2. The number of hydrogen-bond donors (Lipinski definition) is 2. The number of para-hydroxylation sites is 1. The van der Waals surface area contributed by atoms with Gasteiger partial charge in [-0.15, -0.1) is 11.8 Å². The minimum atomic E-state index is -0.465. The summed E-state index contributed by atoms with van der Waals surface area (Å²) in [7, 11) is 2.12. The molecule has 32 heavy (non-hydrogen) atoms. The zero-order valence-electron chi connectivity index (χ0n) is 18.8. The van der Waals surface area contributed by atoms with Gasteiger partial charge in [0.25, 0.3) is 5.91 Å². The van der Waals surface area contributed by atoms with Crippen LogP contribution in [0.5, 0.6) is 0 Å². The number of nitrogens with one attached hydrogen (secondary N) is 2. The molecule has 3 atom stereocenters. The first kappa shape index (κ1) is 22.4.